The fraction of sp³-hybridized carbons (Fsp3) is 0.105. The number of nitro benzene ring substituents is 1. The van der Waals surface area contributed by atoms with Crippen molar-refractivity contribution in [2.45, 2.75) is 6.54 Å². The Kier molecular flexibility index (Phi) is 3.71. The van der Waals surface area contributed by atoms with Crippen molar-refractivity contribution in [2.75, 3.05) is 0 Å². The van der Waals surface area contributed by atoms with Crippen LogP contribution in [0.25, 0.3) is 27.6 Å². The fourth-order valence-electron chi connectivity index (χ4n) is 3.52. The molecule has 0 atom stereocenters. The van der Waals surface area contributed by atoms with Gasteiger partial charge in [0.25, 0.3) is 16.8 Å². The minimum atomic E-state index is -0.537. The average molecular weight is 403 g/mol. The fourth-order valence-corrected chi connectivity index (χ4v) is 3.52. The summed E-state index contributed by atoms with van der Waals surface area (Å²) in [5.74, 6) is 0.799. The number of nitro groups is 1. The summed E-state index contributed by atoms with van der Waals surface area (Å²) >= 11 is 0. The molecule has 30 heavy (non-hydrogen) atoms. The molecule has 0 spiro atoms. The molecule has 0 bridgehead atoms. The normalized spacial score (nSPS) is 11.5. The van der Waals surface area contributed by atoms with Crippen LogP contribution in [-0.4, -0.2) is 33.6 Å². The van der Waals surface area contributed by atoms with Gasteiger partial charge in [0.05, 0.1) is 39.6 Å². The van der Waals surface area contributed by atoms with Gasteiger partial charge in [-0.25, -0.2) is 4.98 Å². The second-order valence-corrected chi connectivity index (χ2v) is 6.77. The highest BCUT2D eigenvalue weighted by atomic mass is 16.6. The molecule has 0 N–H and O–H groups in total. The van der Waals surface area contributed by atoms with E-state index in [9.17, 15) is 19.7 Å². The second-order valence-electron chi connectivity index (χ2n) is 6.77. The summed E-state index contributed by atoms with van der Waals surface area (Å²) in [6, 6.07) is 11.0. The minimum absolute atomic E-state index is 0.0577. The van der Waals surface area contributed by atoms with Crippen molar-refractivity contribution >= 4 is 33.3 Å². The lowest BCUT2D eigenvalue weighted by molar-refractivity contribution is -0.384. The molecule has 0 saturated heterocycles. The topological polar surface area (TPSA) is 130 Å². The molecule has 11 nitrogen and oxygen atoms in total. The molecule has 0 aliphatic rings. The highest BCUT2D eigenvalue weighted by molar-refractivity contribution is 5.81. The van der Waals surface area contributed by atoms with Gasteiger partial charge in [0.1, 0.15) is 0 Å². The molecule has 2 aromatic carbocycles. The van der Waals surface area contributed by atoms with E-state index in [1.807, 2.05) is 6.07 Å². The van der Waals surface area contributed by atoms with Crippen molar-refractivity contribution in [3.05, 3.63) is 85.4 Å². The van der Waals surface area contributed by atoms with Gasteiger partial charge in [-0.05, 0) is 18.2 Å². The predicted octanol–water partition coefficient (Wildman–Crippen LogP) is 1.25. The molecule has 0 amide bonds. The highest BCUT2D eigenvalue weighted by Gasteiger charge is 2.16. The van der Waals surface area contributed by atoms with Crippen LogP contribution in [0.3, 0.4) is 0 Å². The first-order valence-electron chi connectivity index (χ1n) is 8.91. The van der Waals surface area contributed by atoms with Crippen molar-refractivity contribution in [3.8, 4) is 0 Å². The van der Waals surface area contributed by atoms with Crippen LogP contribution < -0.4 is 11.1 Å². The zero-order valence-electron chi connectivity index (χ0n) is 15.6. The number of fused-ring (bicyclic) bond motifs is 4. The molecule has 0 fully saturated rings. The number of non-ortho nitro benzene ring substituents is 1. The molecule has 0 saturated carbocycles. The number of nitrogens with zero attached hydrogens (tertiary/aromatic N) is 7. The van der Waals surface area contributed by atoms with E-state index in [0.717, 1.165) is 0 Å². The molecule has 5 rings (SSSR count). The van der Waals surface area contributed by atoms with Crippen LogP contribution in [0, 0.1) is 10.1 Å². The molecular formula is C19H13N7O4. The number of para-hydroxylation sites is 1. The average Bonchev–Trinajstić information content (AvgIpc) is 3.17. The van der Waals surface area contributed by atoms with Gasteiger partial charge in [-0.2, -0.15) is 0 Å². The summed E-state index contributed by atoms with van der Waals surface area (Å²) in [4.78, 5) is 40.0. The zero-order valence-corrected chi connectivity index (χ0v) is 15.6. The number of hydrogen-bond donors (Lipinski definition) is 0. The van der Waals surface area contributed by atoms with Gasteiger partial charge in [0.2, 0.25) is 5.78 Å². The predicted molar refractivity (Wildman–Crippen MR) is 107 cm³/mol. The number of benzene rings is 2. The minimum Gasteiger partial charge on any atom is -0.291 e. The van der Waals surface area contributed by atoms with Crippen LogP contribution in [0.5, 0.6) is 0 Å². The van der Waals surface area contributed by atoms with E-state index in [1.165, 1.54) is 33.7 Å². The summed E-state index contributed by atoms with van der Waals surface area (Å²) < 4.78 is 4.48. The molecule has 3 heterocycles. The SMILES string of the molecule is Cn1c(=O)c2ccccc2n2c(Cn3cnc4cc([N+](=O)[O-])ccc4c3=O)nnc12. The number of aryl methyl sites for hydroxylation is 1. The molecule has 5 aromatic rings. The zero-order chi connectivity index (χ0) is 21.0. The number of hydrogen-bond acceptors (Lipinski definition) is 7. The molecule has 0 aliphatic carbocycles. The van der Waals surface area contributed by atoms with Gasteiger partial charge in [0.15, 0.2) is 5.82 Å². The highest BCUT2D eigenvalue weighted by Crippen LogP contribution is 2.17. The van der Waals surface area contributed by atoms with Crippen molar-refractivity contribution < 1.29 is 4.92 Å². The van der Waals surface area contributed by atoms with Gasteiger partial charge in [0, 0.05) is 19.2 Å². The number of aromatic nitrogens is 6. The third-order valence-electron chi connectivity index (χ3n) is 5.02. The van der Waals surface area contributed by atoms with Gasteiger partial charge in [-0.3, -0.25) is 33.2 Å². The maximum Gasteiger partial charge on any atom is 0.271 e. The number of rotatable bonds is 3. The van der Waals surface area contributed by atoms with E-state index in [4.69, 9.17) is 0 Å². The van der Waals surface area contributed by atoms with Crippen molar-refractivity contribution in [1.82, 2.24) is 28.7 Å². The van der Waals surface area contributed by atoms with E-state index >= 15 is 0 Å². The van der Waals surface area contributed by atoms with E-state index in [2.05, 4.69) is 15.2 Å². The molecule has 11 heteroatoms. The summed E-state index contributed by atoms with van der Waals surface area (Å²) in [7, 11) is 1.61. The molecule has 0 radical (unpaired) electrons. The van der Waals surface area contributed by atoms with Gasteiger partial charge < -0.3 is 0 Å². The van der Waals surface area contributed by atoms with Gasteiger partial charge in [-0.15, -0.1) is 10.2 Å². The maximum absolute atomic E-state index is 12.9. The molecule has 0 unspecified atom stereocenters. The van der Waals surface area contributed by atoms with Crippen molar-refractivity contribution in [1.29, 1.82) is 0 Å². The molecular weight excluding hydrogens is 390 g/mol. The van der Waals surface area contributed by atoms with Crippen LogP contribution in [0.15, 0.2) is 58.4 Å². The molecule has 0 aliphatic heterocycles. The Morgan fingerprint density at radius 3 is 2.63 bits per heavy atom. The second kappa shape index (κ2) is 6.30. The van der Waals surface area contributed by atoms with E-state index in [1.54, 1.807) is 29.6 Å². The Labute approximate surface area is 166 Å². The van der Waals surface area contributed by atoms with Crippen molar-refractivity contribution in [2.24, 2.45) is 7.05 Å². The first-order valence-corrected chi connectivity index (χ1v) is 8.91. The van der Waals surface area contributed by atoms with Crippen LogP contribution in [0.1, 0.15) is 5.82 Å². The van der Waals surface area contributed by atoms with Crippen LogP contribution in [-0.2, 0) is 13.6 Å². The van der Waals surface area contributed by atoms with Crippen LogP contribution in [0.4, 0.5) is 5.69 Å². The van der Waals surface area contributed by atoms with Gasteiger partial charge >= 0.3 is 0 Å². The summed E-state index contributed by atoms with van der Waals surface area (Å²) in [6.07, 6.45) is 1.32. The monoisotopic (exact) mass is 403 g/mol. The first-order chi connectivity index (χ1) is 14.5. The Morgan fingerprint density at radius 2 is 1.83 bits per heavy atom. The smallest absolute Gasteiger partial charge is 0.271 e. The quantitative estimate of drug-likeness (QED) is 0.327. The van der Waals surface area contributed by atoms with Crippen molar-refractivity contribution in [3.63, 3.8) is 0 Å². The Bertz CT molecular complexity index is 1610. The summed E-state index contributed by atoms with van der Waals surface area (Å²) in [5.41, 5.74) is 0.185. The lowest BCUT2D eigenvalue weighted by Gasteiger charge is -2.09. The lowest BCUT2D eigenvalue weighted by Crippen LogP contribution is -2.23. The van der Waals surface area contributed by atoms with Crippen LogP contribution in [0.2, 0.25) is 0 Å². The third-order valence-corrected chi connectivity index (χ3v) is 5.02. The largest absolute Gasteiger partial charge is 0.291 e. The van der Waals surface area contributed by atoms with E-state index in [0.29, 0.717) is 22.5 Å². The Hall–Kier alpha value is -4.41. The van der Waals surface area contributed by atoms with Crippen LogP contribution >= 0.6 is 0 Å². The standard InChI is InChI=1S/C19H13N7O4/c1-23-17(27)13-4-2-3-5-15(13)25-16(21-22-19(23)25)9-24-10-20-14-8-11(26(29)30)6-7-12(14)18(24)28/h2-8,10H,9H2,1H3. The first kappa shape index (κ1) is 17.7. The van der Waals surface area contributed by atoms with E-state index < -0.39 is 4.92 Å². The Morgan fingerprint density at radius 1 is 1.03 bits per heavy atom. The van der Waals surface area contributed by atoms with E-state index in [-0.39, 0.29) is 34.3 Å². The maximum atomic E-state index is 12.9. The molecule has 148 valence electrons. The van der Waals surface area contributed by atoms with Gasteiger partial charge in [-0.1, -0.05) is 12.1 Å². The summed E-state index contributed by atoms with van der Waals surface area (Å²) in [5, 5.41) is 20.0. The third kappa shape index (κ3) is 2.49. The summed E-state index contributed by atoms with van der Waals surface area (Å²) in [6.45, 7) is 0.0577. The Balaban J connectivity index is 1.70. The lowest BCUT2D eigenvalue weighted by atomic mass is 10.2. The molecule has 3 aromatic heterocycles.